The van der Waals surface area contributed by atoms with Gasteiger partial charge in [0, 0.05) is 19.3 Å². The molecule has 0 aliphatic carbocycles. The highest BCUT2D eigenvalue weighted by atomic mass is 16.6. The van der Waals surface area contributed by atoms with Crippen LogP contribution >= 0.6 is 0 Å². The highest BCUT2D eigenvalue weighted by Gasteiger charge is 2.31. The maximum atomic E-state index is 12.7. The van der Waals surface area contributed by atoms with Crippen LogP contribution in [0.5, 0.6) is 0 Å². The molecule has 0 saturated carbocycles. The molecule has 56 heavy (non-hydrogen) atoms. The number of aliphatic carboxylic acids is 1. The van der Waals surface area contributed by atoms with Crippen LogP contribution in [0.4, 0.5) is 0 Å². The molecule has 0 aliphatic heterocycles. The number of likely N-dealkylation sites (N-methyl/N-ethyl adjacent to an activating group) is 1. The molecular formula is C48H76NO7+. The van der Waals surface area contributed by atoms with Gasteiger partial charge in [0.2, 0.25) is 0 Å². The fourth-order valence-corrected chi connectivity index (χ4v) is 5.25. The van der Waals surface area contributed by atoms with Crippen molar-refractivity contribution in [2.45, 2.75) is 135 Å². The van der Waals surface area contributed by atoms with Crippen molar-refractivity contribution >= 4 is 17.9 Å². The number of carbonyl (C=O) groups excluding carboxylic acids is 2. The van der Waals surface area contributed by atoms with Crippen LogP contribution in [0.2, 0.25) is 0 Å². The van der Waals surface area contributed by atoms with E-state index in [9.17, 15) is 19.5 Å². The zero-order valence-corrected chi connectivity index (χ0v) is 35.5. The van der Waals surface area contributed by atoms with Crippen molar-refractivity contribution in [1.82, 2.24) is 0 Å². The Morgan fingerprint density at radius 2 is 0.982 bits per heavy atom. The number of carboxylic acid groups (broad SMARTS) is 1. The van der Waals surface area contributed by atoms with E-state index >= 15 is 0 Å². The van der Waals surface area contributed by atoms with Gasteiger partial charge in [-0.3, -0.25) is 9.59 Å². The molecule has 0 rings (SSSR count). The van der Waals surface area contributed by atoms with Gasteiger partial charge in [0.15, 0.2) is 12.1 Å². The standard InChI is InChI=1S/C48H75NO7/c1-6-8-10-12-14-16-18-20-22-24-26-28-30-32-34-36-38-46(50)55-43-44(42-54-41-40-45(48(52)53)49(3,4)5)56-47(51)39-37-35-33-31-29-27-25-23-21-19-17-15-13-11-9-7-2/h8-11,14-17,20-23,26-29,32,34,44-45H,6-7,12-13,18-19,24-25,30-31,33,35-43H2,1-5H3/p+1/b10-8+,11-9+,16-14+,17-15+,22-20+,23-21+,28-26+,29-27+,34-32+. The number of allylic oxidation sites excluding steroid dienone is 18. The molecule has 0 saturated heterocycles. The molecule has 0 aromatic carbocycles. The Bertz CT molecular complexity index is 1280. The van der Waals surface area contributed by atoms with Crippen LogP contribution in [-0.4, -0.2) is 80.6 Å². The number of hydrogen-bond donors (Lipinski definition) is 1. The van der Waals surface area contributed by atoms with Gasteiger partial charge in [0.25, 0.3) is 0 Å². The molecule has 8 heteroatoms. The summed E-state index contributed by atoms with van der Waals surface area (Å²) >= 11 is 0. The molecule has 8 nitrogen and oxygen atoms in total. The first-order valence-electron chi connectivity index (χ1n) is 20.9. The summed E-state index contributed by atoms with van der Waals surface area (Å²) in [6, 6.07) is -0.638. The fraction of sp³-hybridized carbons (Fsp3) is 0.562. The third kappa shape index (κ3) is 35.7. The third-order valence-electron chi connectivity index (χ3n) is 8.43. The number of hydrogen-bond acceptors (Lipinski definition) is 6. The predicted molar refractivity (Wildman–Crippen MR) is 233 cm³/mol. The minimum Gasteiger partial charge on any atom is -0.477 e. The van der Waals surface area contributed by atoms with Gasteiger partial charge in [-0.05, 0) is 83.5 Å². The molecular weight excluding hydrogens is 703 g/mol. The topological polar surface area (TPSA) is 99.1 Å². The van der Waals surface area contributed by atoms with Crippen LogP contribution in [-0.2, 0) is 28.6 Å². The Hall–Kier alpha value is -4.01. The third-order valence-corrected chi connectivity index (χ3v) is 8.43. The number of carboxylic acids is 1. The Balaban J connectivity index is 4.58. The van der Waals surface area contributed by atoms with Crippen LogP contribution in [0.3, 0.4) is 0 Å². The molecule has 2 unspecified atom stereocenters. The summed E-state index contributed by atoms with van der Waals surface area (Å²) in [5.41, 5.74) is 0. The molecule has 0 bridgehead atoms. The fourth-order valence-electron chi connectivity index (χ4n) is 5.25. The van der Waals surface area contributed by atoms with Crippen molar-refractivity contribution in [2.24, 2.45) is 0 Å². The van der Waals surface area contributed by atoms with Crippen molar-refractivity contribution in [1.29, 1.82) is 0 Å². The molecule has 0 spiro atoms. The summed E-state index contributed by atoms with van der Waals surface area (Å²) in [6.45, 7) is 4.36. The first kappa shape index (κ1) is 52.0. The molecule has 0 aliphatic rings. The van der Waals surface area contributed by atoms with Gasteiger partial charge in [0.05, 0.1) is 34.4 Å². The summed E-state index contributed by atoms with van der Waals surface area (Å²) in [5, 5.41) is 9.61. The minimum absolute atomic E-state index is 0.0170. The van der Waals surface area contributed by atoms with E-state index in [1.807, 2.05) is 33.3 Å². The lowest BCUT2D eigenvalue weighted by Crippen LogP contribution is -2.50. The van der Waals surface area contributed by atoms with Gasteiger partial charge in [-0.15, -0.1) is 0 Å². The second-order valence-electron chi connectivity index (χ2n) is 14.5. The lowest BCUT2D eigenvalue weighted by molar-refractivity contribution is -0.887. The van der Waals surface area contributed by atoms with Gasteiger partial charge >= 0.3 is 17.9 Å². The van der Waals surface area contributed by atoms with Crippen LogP contribution in [0.15, 0.2) is 109 Å². The van der Waals surface area contributed by atoms with E-state index in [4.69, 9.17) is 14.2 Å². The lowest BCUT2D eigenvalue weighted by Gasteiger charge is -2.31. The number of quaternary nitrogens is 1. The lowest BCUT2D eigenvalue weighted by atomic mass is 10.1. The summed E-state index contributed by atoms with van der Waals surface area (Å²) < 4.78 is 17.1. The van der Waals surface area contributed by atoms with Gasteiger partial charge < -0.3 is 23.8 Å². The molecule has 0 aromatic rings. The number of esters is 2. The van der Waals surface area contributed by atoms with Crippen LogP contribution in [0.25, 0.3) is 0 Å². The highest BCUT2D eigenvalue weighted by molar-refractivity contribution is 5.72. The average molecular weight is 779 g/mol. The van der Waals surface area contributed by atoms with E-state index in [1.54, 1.807) is 0 Å². The summed E-state index contributed by atoms with van der Waals surface area (Å²) in [6.07, 6.45) is 51.5. The molecule has 0 radical (unpaired) electrons. The van der Waals surface area contributed by atoms with E-state index in [-0.39, 0.29) is 49.1 Å². The number of rotatable bonds is 35. The van der Waals surface area contributed by atoms with Crippen molar-refractivity contribution < 1.29 is 38.2 Å². The average Bonchev–Trinajstić information content (AvgIpc) is 3.15. The Labute approximate surface area is 340 Å². The maximum Gasteiger partial charge on any atom is 0.362 e. The molecule has 0 aromatic heterocycles. The normalized spacial score (nSPS) is 14.1. The minimum atomic E-state index is -0.896. The van der Waals surface area contributed by atoms with E-state index in [2.05, 4.69) is 111 Å². The molecule has 0 heterocycles. The van der Waals surface area contributed by atoms with Gasteiger partial charge in [-0.1, -0.05) is 130 Å². The second-order valence-corrected chi connectivity index (χ2v) is 14.5. The SMILES string of the molecule is CC/C=C/C/C=C/C/C=C/C/C=C/C/C=C/CCC(=O)OCC(COCCC(C(=O)O)[N+](C)(C)C)OC(=O)CCCCC/C=C/C/C=C/C/C=C/C/C=C/CC. The number of nitrogens with zero attached hydrogens (tertiary/aromatic N) is 1. The molecule has 0 amide bonds. The van der Waals surface area contributed by atoms with Crippen LogP contribution in [0.1, 0.15) is 123 Å². The number of unbranched alkanes of at least 4 members (excludes halogenated alkanes) is 3. The summed E-state index contributed by atoms with van der Waals surface area (Å²) in [7, 11) is 5.47. The van der Waals surface area contributed by atoms with Gasteiger partial charge in [0.1, 0.15) is 6.61 Å². The second kappa shape index (κ2) is 37.9. The van der Waals surface area contributed by atoms with Gasteiger partial charge in [-0.2, -0.15) is 0 Å². The predicted octanol–water partition coefficient (Wildman–Crippen LogP) is 11.3. The smallest absolute Gasteiger partial charge is 0.362 e. The van der Waals surface area contributed by atoms with Gasteiger partial charge in [-0.25, -0.2) is 4.79 Å². The monoisotopic (exact) mass is 779 g/mol. The maximum absolute atomic E-state index is 12.7. The Kier molecular flexibility index (Phi) is 35.2. The zero-order valence-electron chi connectivity index (χ0n) is 35.5. The molecule has 0 fully saturated rings. The molecule has 1 N–H and O–H groups in total. The Morgan fingerprint density at radius 1 is 0.536 bits per heavy atom. The molecule has 2 atom stereocenters. The Morgan fingerprint density at radius 3 is 1.43 bits per heavy atom. The van der Waals surface area contributed by atoms with E-state index in [1.165, 1.54) is 0 Å². The van der Waals surface area contributed by atoms with Crippen LogP contribution < -0.4 is 0 Å². The van der Waals surface area contributed by atoms with Crippen molar-refractivity contribution in [3.63, 3.8) is 0 Å². The zero-order chi connectivity index (χ0) is 41.4. The van der Waals surface area contributed by atoms with Crippen molar-refractivity contribution in [3.8, 4) is 0 Å². The number of carbonyl (C=O) groups is 3. The quantitative estimate of drug-likeness (QED) is 0.0296. The van der Waals surface area contributed by atoms with E-state index < -0.39 is 18.1 Å². The van der Waals surface area contributed by atoms with E-state index in [0.29, 0.717) is 19.3 Å². The summed E-state index contributed by atoms with van der Waals surface area (Å²) in [4.78, 5) is 36.9. The largest absolute Gasteiger partial charge is 0.477 e. The number of ether oxygens (including phenoxy) is 3. The first-order valence-corrected chi connectivity index (χ1v) is 20.9. The first-order chi connectivity index (χ1) is 27.1. The molecule has 314 valence electrons. The van der Waals surface area contributed by atoms with E-state index in [0.717, 1.165) is 77.0 Å². The van der Waals surface area contributed by atoms with Crippen LogP contribution in [0, 0.1) is 0 Å². The van der Waals surface area contributed by atoms with Crippen molar-refractivity contribution in [2.75, 3.05) is 41.0 Å². The highest BCUT2D eigenvalue weighted by Crippen LogP contribution is 2.11. The summed E-state index contributed by atoms with van der Waals surface area (Å²) in [5.74, 6) is -1.63. The van der Waals surface area contributed by atoms with Crippen molar-refractivity contribution in [3.05, 3.63) is 109 Å².